The molecule has 27 heavy (non-hydrogen) atoms. The van der Waals surface area contributed by atoms with Crippen molar-refractivity contribution in [1.82, 2.24) is 0 Å². The smallest absolute Gasteiger partial charge is 0.0466 e. The molecule has 156 valence electrons. The van der Waals surface area contributed by atoms with Crippen LogP contribution in [0.25, 0.3) is 0 Å². The molecule has 0 fully saturated rings. The van der Waals surface area contributed by atoms with E-state index in [-0.39, 0.29) is 0 Å². The summed E-state index contributed by atoms with van der Waals surface area (Å²) in [5, 5.41) is 0. The Balaban J connectivity index is 2.03. The van der Waals surface area contributed by atoms with Gasteiger partial charge in [-0.3, -0.25) is 0 Å². The molecule has 0 saturated heterocycles. The zero-order chi connectivity index (χ0) is 19.6. The van der Waals surface area contributed by atoms with Crippen LogP contribution in [-0.2, 0) is 17.6 Å². The minimum atomic E-state index is 0.872. The Morgan fingerprint density at radius 2 is 1.26 bits per heavy atom. The van der Waals surface area contributed by atoms with Crippen molar-refractivity contribution >= 4 is 0 Å². The SMILES string of the molecule is CCCCOCCCCCc1cccc(CCCCCCCCC(C)C)c1. The second kappa shape index (κ2) is 17.3. The van der Waals surface area contributed by atoms with E-state index in [0.717, 1.165) is 19.1 Å². The Hall–Kier alpha value is -0.820. The summed E-state index contributed by atoms with van der Waals surface area (Å²) in [6.45, 7) is 8.76. The fourth-order valence-corrected chi connectivity index (χ4v) is 3.59. The minimum absolute atomic E-state index is 0.872. The molecule has 0 N–H and O–H groups in total. The van der Waals surface area contributed by atoms with Crippen LogP contribution in [0, 0.1) is 5.92 Å². The van der Waals surface area contributed by atoms with Gasteiger partial charge in [-0.2, -0.15) is 0 Å². The largest absolute Gasteiger partial charge is 0.381 e. The molecule has 1 nitrogen and oxygen atoms in total. The first-order valence-electron chi connectivity index (χ1n) is 11.9. The fourth-order valence-electron chi connectivity index (χ4n) is 3.59. The van der Waals surface area contributed by atoms with Gasteiger partial charge in [0.1, 0.15) is 0 Å². The number of hydrogen-bond acceptors (Lipinski definition) is 1. The first kappa shape index (κ1) is 24.2. The van der Waals surface area contributed by atoms with Crippen LogP contribution < -0.4 is 0 Å². The molecule has 0 aromatic heterocycles. The lowest BCUT2D eigenvalue weighted by molar-refractivity contribution is 0.127. The Labute approximate surface area is 170 Å². The first-order chi connectivity index (χ1) is 13.2. The van der Waals surface area contributed by atoms with Crippen molar-refractivity contribution in [2.75, 3.05) is 13.2 Å². The maximum absolute atomic E-state index is 5.64. The topological polar surface area (TPSA) is 9.23 Å². The molecule has 0 spiro atoms. The van der Waals surface area contributed by atoms with E-state index in [1.807, 2.05) is 0 Å². The van der Waals surface area contributed by atoms with Crippen molar-refractivity contribution in [3.8, 4) is 0 Å². The van der Waals surface area contributed by atoms with E-state index < -0.39 is 0 Å². The van der Waals surface area contributed by atoms with Gasteiger partial charge in [-0.15, -0.1) is 0 Å². The molecule has 0 aliphatic heterocycles. The highest BCUT2D eigenvalue weighted by atomic mass is 16.5. The Kier molecular flexibility index (Phi) is 15.5. The van der Waals surface area contributed by atoms with Crippen molar-refractivity contribution < 1.29 is 4.74 Å². The summed E-state index contributed by atoms with van der Waals surface area (Å²) in [5.41, 5.74) is 3.06. The first-order valence-corrected chi connectivity index (χ1v) is 11.9. The van der Waals surface area contributed by atoms with E-state index in [2.05, 4.69) is 45.0 Å². The number of unbranched alkanes of at least 4 members (excludes halogenated alkanes) is 8. The normalized spacial score (nSPS) is 11.4. The lowest BCUT2D eigenvalue weighted by Gasteiger charge is -2.07. The summed E-state index contributed by atoms with van der Waals surface area (Å²) in [5.74, 6) is 0.872. The average Bonchev–Trinajstić information content (AvgIpc) is 2.66. The fraction of sp³-hybridized carbons (Fsp3) is 0.769. The third-order valence-electron chi connectivity index (χ3n) is 5.38. The molecule has 0 radical (unpaired) electrons. The number of aryl methyl sites for hydroxylation is 2. The molecule has 1 aromatic carbocycles. The predicted octanol–water partition coefficient (Wildman–Crippen LogP) is 8.15. The third kappa shape index (κ3) is 14.9. The lowest BCUT2D eigenvalue weighted by Crippen LogP contribution is -1.97. The Morgan fingerprint density at radius 1 is 0.704 bits per heavy atom. The van der Waals surface area contributed by atoms with Gasteiger partial charge in [-0.05, 0) is 55.6 Å². The van der Waals surface area contributed by atoms with Crippen LogP contribution in [0.1, 0.15) is 109 Å². The molecule has 1 rings (SSSR count). The Bertz CT molecular complexity index is 438. The van der Waals surface area contributed by atoms with E-state index >= 15 is 0 Å². The highest BCUT2D eigenvalue weighted by Crippen LogP contribution is 2.15. The predicted molar refractivity (Wildman–Crippen MR) is 121 cm³/mol. The molecular formula is C26H46O. The number of ether oxygens (including phenoxy) is 1. The zero-order valence-corrected chi connectivity index (χ0v) is 18.6. The van der Waals surface area contributed by atoms with Crippen LogP contribution in [0.5, 0.6) is 0 Å². The molecule has 1 heteroatoms. The van der Waals surface area contributed by atoms with Crippen LogP contribution in [0.3, 0.4) is 0 Å². The number of hydrogen-bond donors (Lipinski definition) is 0. The van der Waals surface area contributed by atoms with E-state index in [1.165, 1.54) is 101 Å². The molecular weight excluding hydrogens is 328 g/mol. The van der Waals surface area contributed by atoms with Gasteiger partial charge in [0.2, 0.25) is 0 Å². The molecule has 1 aromatic rings. The van der Waals surface area contributed by atoms with Gasteiger partial charge in [0.25, 0.3) is 0 Å². The average molecular weight is 375 g/mol. The van der Waals surface area contributed by atoms with Gasteiger partial charge in [0.15, 0.2) is 0 Å². The lowest BCUT2D eigenvalue weighted by atomic mass is 10.00. The summed E-state index contributed by atoms with van der Waals surface area (Å²) in [4.78, 5) is 0. The van der Waals surface area contributed by atoms with Gasteiger partial charge in [-0.1, -0.05) is 96.4 Å². The summed E-state index contributed by atoms with van der Waals surface area (Å²) in [6, 6.07) is 9.31. The van der Waals surface area contributed by atoms with Crippen LogP contribution in [-0.4, -0.2) is 13.2 Å². The van der Waals surface area contributed by atoms with Crippen molar-refractivity contribution in [2.24, 2.45) is 5.92 Å². The molecule has 0 unspecified atom stereocenters. The van der Waals surface area contributed by atoms with E-state index in [0.29, 0.717) is 0 Å². The number of benzene rings is 1. The van der Waals surface area contributed by atoms with Gasteiger partial charge in [0, 0.05) is 13.2 Å². The maximum Gasteiger partial charge on any atom is 0.0466 e. The van der Waals surface area contributed by atoms with Gasteiger partial charge >= 0.3 is 0 Å². The summed E-state index contributed by atoms with van der Waals surface area (Å²) >= 11 is 0. The molecule has 0 aliphatic carbocycles. The molecule has 0 atom stereocenters. The van der Waals surface area contributed by atoms with Gasteiger partial charge in [0.05, 0.1) is 0 Å². The van der Waals surface area contributed by atoms with Crippen LogP contribution in [0.4, 0.5) is 0 Å². The third-order valence-corrected chi connectivity index (χ3v) is 5.38. The van der Waals surface area contributed by atoms with Crippen molar-refractivity contribution in [3.63, 3.8) is 0 Å². The van der Waals surface area contributed by atoms with E-state index in [1.54, 1.807) is 0 Å². The molecule has 0 amide bonds. The Morgan fingerprint density at radius 3 is 1.89 bits per heavy atom. The second-order valence-electron chi connectivity index (χ2n) is 8.65. The van der Waals surface area contributed by atoms with Gasteiger partial charge in [-0.25, -0.2) is 0 Å². The molecule has 0 aliphatic rings. The van der Waals surface area contributed by atoms with Crippen LogP contribution >= 0.6 is 0 Å². The number of rotatable bonds is 18. The van der Waals surface area contributed by atoms with Crippen molar-refractivity contribution in [1.29, 1.82) is 0 Å². The summed E-state index contributed by atoms with van der Waals surface area (Å²) < 4.78 is 5.64. The molecule has 0 heterocycles. The van der Waals surface area contributed by atoms with Crippen molar-refractivity contribution in [2.45, 2.75) is 111 Å². The highest BCUT2D eigenvalue weighted by molar-refractivity contribution is 5.23. The standard InChI is InChI=1S/C26H46O/c1-4-5-21-27-22-14-10-13-18-26-20-15-19-25(23-26)17-12-9-7-6-8-11-16-24(2)3/h15,19-20,23-24H,4-14,16-18,21-22H2,1-3H3. The van der Waals surface area contributed by atoms with Crippen molar-refractivity contribution in [3.05, 3.63) is 35.4 Å². The zero-order valence-electron chi connectivity index (χ0n) is 18.6. The quantitative estimate of drug-likeness (QED) is 0.236. The second-order valence-corrected chi connectivity index (χ2v) is 8.65. The maximum atomic E-state index is 5.64. The van der Waals surface area contributed by atoms with Crippen LogP contribution in [0.2, 0.25) is 0 Å². The monoisotopic (exact) mass is 374 g/mol. The van der Waals surface area contributed by atoms with E-state index in [9.17, 15) is 0 Å². The molecule has 0 bridgehead atoms. The van der Waals surface area contributed by atoms with Crippen LogP contribution in [0.15, 0.2) is 24.3 Å². The van der Waals surface area contributed by atoms with Gasteiger partial charge < -0.3 is 4.74 Å². The highest BCUT2D eigenvalue weighted by Gasteiger charge is 1.99. The van der Waals surface area contributed by atoms with E-state index in [4.69, 9.17) is 4.74 Å². The summed E-state index contributed by atoms with van der Waals surface area (Å²) in [6.07, 6.45) is 18.5. The minimum Gasteiger partial charge on any atom is -0.381 e. The molecule has 0 saturated carbocycles. The summed E-state index contributed by atoms with van der Waals surface area (Å²) in [7, 11) is 0.